The van der Waals surface area contributed by atoms with Crippen LogP contribution in [0.3, 0.4) is 0 Å². The Labute approximate surface area is 111 Å². The number of nitrogens with zero attached hydrogens (tertiary/aromatic N) is 4. The largest absolute Gasteiger partial charge is 0.340 e. The smallest absolute Gasteiger partial charge is 0.232 e. The minimum atomic E-state index is -0.0450. The molecule has 19 heavy (non-hydrogen) atoms. The molecule has 102 valence electrons. The van der Waals surface area contributed by atoms with Crippen molar-refractivity contribution >= 4 is 0 Å². The van der Waals surface area contributed by atoms with Crippen molar-refractivity contribution in [2.45, 2.75) is 51.9 Å². The lowest BCUT2D eigenvalue weighted by Crippen LogP contribution is -2.33. The van der Waals surface area contributed by atoms with Crippen LogP contribution in [0.4, 0.5) is 0 Å². The maximum Gasteiger partial charge on any atom is 0.232 e. The van der Waals surface area contributed by atoms with Gasteiger partial charge < -0.3 is 9.05 Å². The fourth-order valence-electron chi connectivity index (χ4n) is 2.45. The Morgan fingerprint density at radius 3 is 2.37 bits per heavy atom. The average Bonchev–Trinajstić information content (AvgIpc) is 2.85. The maximum absolute atomic E-state index is 5.42. The highest BCUT2D eigenvalue weighted by molar-refractivity contribution is 5.07. The quantitative estimate of drug-likeness (QED) is 0.842. The van der Waals surface area contributed by atoms with Crippen LogP contribution < -0.4 is 0 Å². The first-order chi connectivity index (χ1) is 9.05. The zero-order chi connectivity index (χ0) is 13.5. The highest BCUT2D eigenvalue weighted by atomic mass is 16.5. The Bertz CT molecular complexity index is 569. The summed E-state index contributed by atoms with van der Waals surface area (Å²) in [6.45, 7) is 6.11. The molecule has 0 bridgehead atoms. The molecular formula is C13H18N4O2. The Morgan fingerprint density at radius 2 is 1.79 bits per heavy atom. The van der Waals surface area contributed by atoms with Gasteiger partial charge in [-0.3, -0.25) is 0 Å². The number of rotatable bonds is 4. The molecule has 1 aliphatic rings. The molecule has 0 unspecified atom stereocenters. The van der Waals surface area contributed by atoms with Crippen molar-refractivity contribution < 1.29 is 9.05 Å². The van der Waals surface area contributed by atoms with Gasteiger partial charge in [0.25, 0.3) is 0 Å². The molecule has 0 N–H and O–H groups in total. The van der Waals surface area contributed by atoms with Gasteiger partial charge >= 0.3 is 0 Å². The number of hydrogen-bond acceptors (Lipinski definition) is 6. The van der Waals surface area contributed by atoms with Crippen molar-refractivity contribution in [1.82, 2.24) is 20.3 Å². The van der Waals surface area contributed by atoms with Crippen LogP contribution in [0, 0.1) is 12.8 Å². The topological polar surface area (TPSA) is 77.8 Å². The summed E-state index contributed by atoms with van der Waals surface area (Å²) >= 11 is 0. The molecule has 0 amide bonds. The van der Waals surface area contributed by atoms with E-state index < -0.39 is 0 Å². The maximum atomic E-state index is 5.42. The van der Waals surface area contributed by atoms with E-state index in [2.05, 4.69) is 34.1 Å². The summed E-state index contributed by atoms with van der Waals surface area (Å²) in [7, 11) is 0. The standard InChI is InChI=1S/C13H18N4O2/c1-8-14-10(16-18-8)7-11-15-12(19-17-11)13(2,3)9-5-4-6-9/h9H,4-7H2,1-3H3. The van der Waals surface area contributed by atoms with E-state index in [4.69, 9.17) is 9.05 Å². The molecule has 0 saturated heterocycles. The van der Waals surface area contributed by atoms with Gasteiger partial charge in [-0.15, -0.1) is 0 Å². The molecule has 6 nitrogen and oxygen atoms in total. The van der Waals surface area contributed by atoms with Gasteiger partial charge in [0.05, 0.1) is 6.42 Å². The van der Waals surface area contributed by atoms with E-state index in [-0.39, 0.29) is 5.41 Å². The average molecular weight is 262 g/mol. The summed E-state index contributed by atoms with van der Waals surface area (Å²) in [5, 5.41) is 7.86. The van der Waals surface area contributed by atoms with Gasteiger partial charge in [0, 0.05) is 12.3 Å². The number of hydrogen-bond donors (Lipinski definition) is 0. The van der Waals surface area contributed by atoms with E-state index in [0.717, 1.165) is 0 Å². The Hall–Kier alpha value is -1.72. The Morgan fingerprint density at radius 1 is 1.11 bits per heavy atom. The lowest BCUT2D eigenvalue weighted by molar-refractivity contribution is 0.153. The van der Waals surface area contributed by atoms with Gasteiger partial charge in [0.1, 0.15) is 0 Å². The third kappa shape index (κ3) is 2.27. The van der Waals surface area contributed by atoms with Gasteiger partial charge in [0.2, 0.25) is 11.8 Å². The first-order valence-corrected chi connectivity index (χ1v) is 6.68. The summed E-state index contributed by atoms with van der Waals surface area (Å²) < 4.78 is 10.3. The summed E-state index contributed by atoms with van der Waals surface area (Å²) in [5.74, 6) is 3.11. The number of aryl methyl sites for hydroxylation is 1. The van der Waals surface area contributed by atoms with Gasteiger partial charge in [-0.1, -0.05) is 30.6 Å². The predicted octanol–water partition coefficient (Wildman–Crippen LogP) is 2.43. The molecule has 2 aromatic heterocycles. The molecule has 1 saturated carbocycles. The molecule has 6 heteroatoms. The van der Waals surface area contributed by atoms with Crippen molar-refractivity contribution in [2.75, 3.05) is 0 Å². The second kappa shape index (κ2) is 4.43. The van der Waals surface area contributed by atoms with Gasteiger partial charge in [0.15, 0.2) is 11.6 Å². The van der Waals surface area contributed by atoms with Crippen LogP contribution in [0.5, 0.6) is 0 Å². The minimum Gasteiger partial charge on any atom is -0.340 e. The fraction of sp³-hybridized carbons (Fsp3) is 0.692. The molecule has 1 aliphatic carbocycles. The van der Waals surface area contributed by atoms with Crippen LogP contribution in [-0.2, 0) is 11.8 Å². The third-order valence-corrected chi connectivity index (χ3v) is 4.03. The van der Waals surface area contributed by atoms with Gasteiger partial charge in [-0.25, -0.2) is 0 Å². The molecule has 0 radical (unpaired) electrons. The normalized spacial score (nSPS) is 16.6. The highest BCUT2D eigenvalue weighted by Crippen LogP contribution is 2.42. The Kier molecular flexibility index (Phi) is 2.88. The Balaban J connectivity index is 1.75. The van der Waals surface area contributed by atoms with Crippen LogP contribution in [0.25, 0.3) is 0 Å². The van der Waals surface area contributed by atoms with Gasteiger partial charge in [-0.05, 0) is 18.8 Å². The van der Waals surface area contributed by atoms with Crippen LogP contribution in [0.2, 0.25) is 0 Å². The SMILES string of the molecule is Cc1nc(Cc2noc(C(C)(C)C3CCC3)n2)no1. The second-order valence-electron chi connectivity index (χ2n) is 5.77. The molecular weight excluding hydrogens is 244 g/mol. The summed E-state index contributed by atoms with van der Waals surface area (Å²) in [5.41, 5.74) is -0.0450. The first-order valence-electron chi connectivity index (χ1n) is 6.68. The second-order valence-corrected chi connectivity index (χ2v) is 5.77. The molecule has 0 spiro atoms. The predicted molar refractivity (Wildman–Crippen MR) is 66.5 cm³/mol. The van der Waals surface area contributed by atoms with Crippen molar-refractivity contribution in [3.05, 3.63) is 23.4 Å². The zero-order valence-corrected chi connectivity index (χ0v) is 11.5. The van der Waals surface area contributed by atoms with Crippen LogP contribution >= 0.6 is 0 Å². The van der Waals surface area contributed by atoms with Crippen molar-refractivity contribution in [3.63, 3.8) is 0 Å². The highest BCUT2D eigenvalue weighted by Gasteiger charge is 2.39. The monoisotopic (exact) mass is 262 g/mol. The fourth-order valence-corrected chi connectivity index (χ4v) is 2.45. The van der Waals surface area contributed by atoms with E-state index in [0.29, 0.717) is 35.8 Å². The third-order valence-electron chi connectivity index (χ3n) is 4.03. The molecule has 3 rings (SSSR count). The first kappa shape index (κ1) is 12.3. The molecule has 0 atom stereocenters. The van der Waals surface area contributed by atoms with Crippen molar-refractivity contribution in [1.29, 1.82) is 0 Å². The summed E-state index contributed by atoms with van der Waals surface area (Å²) in [6, 6.07) is 0. The molecule has 2 heterocycles. The van der Waals surface area contributed by atoms with Crippen LogP contribution in [-0.4, -0.2) is 20.3 Å². The number of aromatic nitrogens is 4. The van der Waals surface area contributed by atoms with Crippen molar-refractivity contribution in [3.8, 4) is 0 Å². The van der Waals surface area contributed by atoms with Crippen molar-refractivity contribution in [2.24, 2.45) is 5.92 Å². The van der Waals surface area contributed by atoms with E-state index in [9.17, 15) is 0 Å². The van der Waals surface area contributed by atoms with E-state index >= 15 is 0 Å². The molecule has 0 aliphatic heterocycles. The van der Waals surface area contributed by atoms with E-state index in [1.165, 1.54) is 19.3 Å². The van der Waals surface area contributed by atoms with Crippen LogP contribution in [0.1, 0.15) is 56.5 Å². The zero-order valence-electron chi connectivity index (χ0n) is 11.5. The van der Waals surface area contributed by atoms with E-state index in [1.807, 2.05) is 0 Å². The lowest BCUT2D eigenvalue weighted by atomic mass is 9.67. The molecule has 2 aromatic rings. The van der Waals surface area contributed by atoms with Crippen LogP contribution in [0.15, 0.2) is 9.05 Å². The summed E-state index contributed by atoms with van der Waals surface area (Å²) in [6.07, 6.45) is 4.24. The lowest BCUT2D eigenvalue weighted by Gasteiger charge is -2.37. The molecule has 1 fully saturated rings. The summed E-state index contributed by atoms with van der Waals surface area (Å²) in [4.78, 5) is 8.63. The minimum absolute atomic E-state index is 0.0450. The molecule has 0 aromatic carbocycles. The van der Waals surface area contributed by atoms with E-state index in [1.54, 1.807) is 6.92 Å². The van der Waals surface area contributed by atoms with Gasteiger partial charge in [-0.2, -0.15) is 9.97 Å².